The maximum absolute atomic E-state index is 11.1. The molecule has 0 aliphatic rings. The number of hydrogen-bond donors (Lipinski definition) is 2. The number of alkyl halides is 1. The van der Waals surface area contributed by atoms with Crippen LogP contribution in [0.3, 0.4) is 0 Å². The first-order valence-electron chi connectivity index (χ1n) is 3.69. The predicted octanol–water partition coefficient (Wildman–Crippen LogP) is 0.812. The lowest BCUT2D eigenvalue weighted by Crippen LogP contribution is -2.27. The van der Waals surface area contributed by atoms with E-state index in [4.69, 9.17) is 9.79 Å². The number of esters is 1. The molecule has 0 spiro atoms. The van der Waals surface area contributed by atoms with Gasteiger partial charge in [0.25, 0.3) is 0 Å². The summed E-state index contributed by atoms with van der Waals surface area (Å²) in [5.74, 6) is -0.521. The lowest BCUT2D eigenvalue weighted by atomic mass is 10.2. The van der Waals surface area contributed by atoms with E-state index in [0.29, 0.717) is 0 Å². The van der Waals surface area contributed by atoms with Gasteiger partial charge in [-0.3, -0.25) is 9.32 Å². The normalized spacial score (nSPS) is 12.6. The third-order valence-corrected chi connectivity index (χ3v) is 1.90. The largest absolute Gasteiger partial charge is 0.469 e. The molecule has 0 aromatic carbocycles. The molecule has 2 N–H and O–H groups in total. The van der Waals surface area contributed by atoms with Crippen molar-refractivity contribution in [2.75, 3.05) is 13.2 Å². The molecule has 0 unspecified atom stereocenters. The van der Waals surface area contributed by atoms with E-state index in [2.05, 4.69) is 25.2 Å². The van der Waals surface area contributed by atoms with Gasteiger partial charge in [0.15, 0.2) is 0 Å². The molecule has 0 radical (unpaired) electrons. The van der Waals surface area contributed by atoms with Crippen LogP contribution >= 0.6 is 23.8 Å². The Morgan fingerprint density at radius 3 is 2.29 bits per heavy atom. The predicted molar refractivity (Wildman–Crippen MR) is 52.0 cm³/mol. The summed E-state index contributed by atoms with van der Waals surface area (Å²) in [6.07, 6.45) is 0. The Hall–Kier alpha value is 0.0600. The molecule has 0 saturated carbocycles. The van der Waals surface area contributed by atoms with Crippen LogP contribution < -0.4 is 0 Å². The zero-order valence-electron chi connectivity index (χ0n) is 7.77. The van der Waals surface area contributed by atoms with E-state index in [9.17, 15) is 9.36 Å². The molecule has 0 amide bonds. The van der Waals surface area contributed by atoms with E-state index in [0.717, 1.165) is 0 Å². The van der Waals surface area contributed by atoms with Crippen LogP contribution in [0.1, 0.15) is 13.8 Å². The SMILES string of the molecule is CC(C)(Br)C(=O)OCCOP(=O)(O)O. The first-order valence-corrected chi connectivity index (χ1v) is 6.01. The minimum Gasteiger partial charge on any atom is -0.462 e. The van der Waals surface area contributed by atoms with Gasteiger partial charge in [-0.1, -0.05) is 15.9 Å². The lowest BCUT2D eigenvalue weighted by Gasteiger charge is -2.14. The summed E-state index contributed by atoms with van der Waals surface area (Å²) in [6.45, 7) is 2.66. The molecule has 14 heavy (non-hydrogen) atoms. The van der Waals surface area contributed by atoms with Crippen molar-refractivity contribution in [1.29, 1.82) is 0 Å². The van der Waals surface area contributed by atoms with Crippen molar-refractivity contribution in [3.05, 3.63) is 0 Å². The highest BCUT2D eigenvalue weighted by molar-refractivity contribution is 9.10. The molecule has 8 heteroatoms. The van der Waals surface area contributed by atoms with Crippen molar-refractivity contribution in [3.8, 4) is 0 Å². The molecule has 0 aliphatic carbocycles. The van der Waals surface area contributed by atoms with Gasteiger partial charge in [0.1, 0.15) is 10.9 Å². The minimum atomic E-state index is -4.47. The number of carbonyl (C=O) groups excluding carboxylic acids is 1. The van der Waals surface area contributed by atoms with E-state index in [1.165, 1.54) is 0 Å². The number of phosphoric acid groups is 1. The average molecular weight is 291 g/mol. The quantitative estimate of drug-likeness (QED) is 0.337. The van der Waals surface area contributed by atoms with E-state index < -0.39 is 18.1 Å². The molecule has 0 rings (SSSR count). The summed E-state index contributed by atoms with van der Waals surface area (Å²) in [6, 6.07) is 0. The molecule has 0 saturated heterocycles. The Labute approximate surface area is 90.0 Å². The highest BCUT2D eigenvalue weighted by Crippen LogP contribution is 2.35. The molecular formula is C6H12BrO6P. The maximum atomic E-state index is 11.1. The molecule has 0 aromatic rings. The van der Waals surface area contributed by atoms with Crippen LogP contribution in [0.15, 0.2) is 0 Å². The number of halogens is 1. The smallest absolute Gasteiger partial charge is 0.462 e. The zero-order chi connectivity index (χ0) is 11.4. The summed E-state index contributed by atoms with van der Waals surface area (Å²) in [5, 5.41) is 0. The molecule has 84 valence electrons. The Morgan fingerprint density at radius 1 is 1.43 bits per heavy atom. The van der Waals surface area contributed by atoms with Gasteiger partial charge in [0.2, 0.25) is 0 Å². The minimum absolute atomic E-state index is 0.195. The van der Waals surface area contributed by atoms with Gasteiger partial charge in [-0.2, -0.15) is 0 Å². The molecule has 0 aliphatic heterocycles. The van der Waals surface area contributed by atoms with Crippen molar-refractivity contribution in [2.45, 2.75) is 18.2 Å². The van der Waals surface area contributed by atoms with Crippen LogP contribution in [0.4, 0.5) is 0 Å². The summed E-state index contributed by atoms with van der Waals surface area (Å²) in [5.41, 5.74) is 0. The van der Waals surface area contributed by atoms with E-state index in [1.54, 1.807) is 13.8 Å². The van der Waals surface area contributed by atoms with E-state index >= 15 is 0 Å². The molecule has 0 bridgehead atoms. The summed E-state index contributed by atoms with van der Waals surface area (Å²) in [7, 11) is -4.47. The van der Waals surface area contributed by atoms with Crippen LogP contribution in [-0.4, -0.2) is 33.3 Å². The highest BCUT2D eigenvalue weighted by atomic mass is 79.9. The van der Waals surface area contributed by atoms with Crippen LogP contribution in [-0.2, 0) is 18.6 Å². The Bertz CT molecular complexity index is 241. The fraction of sp³-hybridized carbons (Fsp3) is 0.833. The second kappa shape index (κ2) is 5.23. The van der Waals surface area contributed by atoms with E-state index in [-0.39, 0.29) is 13.2 Å². The van der Waals surface area contributed by atoms with Crippen molar-refractivity contribution in [1.82, 2.24) is 0 Å². The summed E-state index contributed by atoms with van der Waals surface area (Å²) < 4.78 is 18.1. The lowest BCUT2D eigenvalue weighted by molar-refractivity contribution is -0.146. The first kappa shape index (κ1) is 14.1. The Balaban J connectivity index is 3.67. The number of hydrogen-bond acceptors (Lipinski definition) is 4. The molecular weight excluding hydrogens is 279 g/mol. The van der Waals surface area contributed by atoms with Gasteiger partial charge >= 0.3 is 13.8 Å². The average Bonchev–Trinajstić information content (AvgIpc) is 1.93. The Kier molecular flexibility index (Phi) is 5.25. The molecule has 0 heterocycles. The topological polar surface area (TPSA) is 93.1 Å². The van der Waals surface area contributed by atoms with Gasteiger partial charge in [-0.25, -0.2) is 4.57 Å². The first-order chi connectivity index (χ1) is 6.13. The van der Waals surface area contributed by atoms with Gasteiger partial charge in [0, 0.05) is 0 Å². The van der Waals surface area contributed by atoms with Crippen molar-refractivity contribution in [2.24, 2.45) is 0 Å². The number of rotatable bonds is 5. The third-order valence-electron chi connectivity index (χ3n) is 1.06. The second-order valence-electron chi connectivity index (χ2n) is 2.93. The second-order valence-corrected chi connectivity index (χ2v) is 6.15. The number of phosphoric ester groups is 1. The van der Waals surface area contributed by atoms with Crippen LogP contribution in [0, 0.1) is 0 Å². The summed E-state index contributed by atoms with van der Waals surface area (Å²) >= 11 is 3.07. The van der Waals surface area contributed by atoms with Crippen LogP contribution in [0.5, 0.6) is 0 Å². The highest BCUT2D eigenvalue weighted by Gasteiger charge is 2.25. The van der Waals surface area contributed by atoms with Crippen molar-refractivity contribution >= 4 is 29.7 Å². The monoisotopic (exact) mass is 290 g/mol. The Morgan fingerprint density at radius 2 is 1.93 bits per heavy atom. The van der Waals surface area contributed by atoms with Gasteiger partial charge in [0.05, 0.1) is 6.61 Å². The molecule has 0 atom stereocenters. The number of carbonyl (C=O) groups is 1. The van der Waals surface area contributed by atoms with Gasteiger partial charge in [-0.15, -0.1) is 0 Å². The van der Waals surface area contributed by atoms with Crippen molar-refractivity contribution < 1.29 is 28.4 Å². The van der Waals surface area contributed by atoms with Gasteiger partial charge in [-0.05, 0) is 13.8 Å². The van der Waals surface area contributed by atoms with Crippen molar-refractivity contribution in [3.63, 3.8) is 0 Å². The third kappa shape index (κ3) is 7.46. The fourth-order valence-electron chi connectivity index (χ4n) is 0.462. The fourth-order valence-corrected chi connectivity index (χ4v) is 0.889. The standard InChI is InChI=1S/C6H12BrO6P/c1-6(2,7)5(8)12-3-4-13-14(9,10)11/h3-4H2,1-2H3,(H2,9,10,11). The maximum Gasteiger partial charge on any atom is 0.469 e. The van der Waals surface area contributed by atoms with E-state index in [1.807, 2.05) is 0 Å². The zero-order valence-corrected chi connectivity index (χ0v) is 10.2. The van der Waals surface area contributed by atoms with Crippen LogP contribution in [0.2, 0.25) is 0 Å². The molecule has 0 fully saturated rings. The summed E-state index contributed by atoms with van der Waals surface area (Å²) in [4.78, 5) is 27.6. The molecule has 0 aromatic heterocycles. The molecule has 6 nitrogen and oxygen atoms in total. The number of ether oxygens (including phenoxy) is 1. The van der Waals surface area contributed by atoms with Crippen LogP contribution in [0.25, 0.3) is 0 Å². The van der Waals surface area contributed by atoms with Gasteiger partial charge < -0.3 is 14.5 Å².